The molecule has 0 aromatic heterocycles. The number of halogens is 2. The third kappa shape index (κ3) is 11.6. The molecule has 32 heavy (non-hydrogen) atoms. The number of hydrazone groups is 2. The summed E-state index contributed by atoms with van der Waals surface area (Å²) in [6.07, 6.45) is 9.68. The van der Waals surface area contributed by atoms with E-state index in [1.54, 1.807) is 36.7 Å². The van der Waals surface area contributed by atoms with Crippen LogP contribution >= 0.6 is 23.2 Å². The van der Waals surface area contributed by atoms with Gasteiger partial charge in [-0.1, -0.05) is 73.2 Å². The van der Waals surface area contributed by atoms with Crippen molar-refractivity contribution in [1.82, 2.24) is 10.9 Å². The standard InChI is InChI=1S/C24H28Cl2N4O2/c25-21-11-7-9-19(15-21)17-27-29-23(31)13-5-3-1-2-4-6-14-24(32)30-28-18-20-10-8-12-22(26)16-20/h7-12,15-18H,1-6,13-14H2,(H,29,31)(H,30,32)/b27-17+,28-18+. The fourth-order valence-corrected chi connectivity index (χ4v) is 3.32. The highest BCUT2D eigenvalue weighted by molar-refractivity contribution is 6.31. The summed E-state index contributed by atoms with van der Waals surface area (Å²) < 4.78 is 0. The number of amides is 2. The Morgan fingerprint density at radius 1 is 0.688 bits per heavy atom. The molecule has 0 heterocycles. The Morgan fingerprint density at radius 2 is 1.09 bits per heavy atom. The van der Waals surface area contributed by atoms with Crippen LogP contribution in [0, 0.1) is 0 Å². The van der Waals surface area contributed by atoms with E-state index in [1.807, 2.05) is 24.3 Å². The molecule has 0 spiro atoms. The normalized spacial score (nSPS) is 11.2. The first-order chi connectivity index (χ1) is 15.5. The van der Waals surface area contributed by atoms with Gasteiger partial charge in [0, 0.05) is 22.9 Å². The third-order valence-corrected chi connectivity index (χ3v) is 5.03. The van der Waals surface area contributed by atoms with Crippen LogP contribution in [0.4, 0.5) is 0 Å². The lowest BCUT2D eigenvalue weighted by Crippen LogP contribution is -2.17. The van der Waals surface area contributed by atoms with E-state index in [1.165, 1.54) is 0 Å². The molecule has 6 nitrogen and oxygen atoms in total. The van der Waals surface area contributed by atoms with Gasteiger partial charge in [-0.3, -0.25) is 9.59 Å². The lowest BCUT2D eigenvalue weighted by Gasteiger charge is -2.02. The average molecular weight is 475 g/mol. The number of carbonyl (C=O) groups is 2. The Morgan fingerprint density at radius 3 is 1.50 bits per heavy atom. The molecule has 2 N–H and O–H groups in total. The zero-order valence-corrected chi connectivity index (χ0v) is 19.4. The number of hydrogen-bond donors (Lipinski definition) is 2. The molecule has 0 fully saturated rings. The van der Waals surface area contributed by atoms with E-state index in [2.05, 4.69) is 21.1 Å². The minimum Gasteiger partial charge on any atom is -0.273 e. The molecule has 0 saturated carbocycles. The van der Waals surface area contributed by atoms with Crippen molar-refractivity contribution in [3.63, 3.8) is 0 Å². The highest BCUT2D eigenvalue weighted by Gasteiger charge is 2.01. The van der Waals surface area contributed by atoms with Gasteiger partial charge in [0.2, 0.25) is 11.8 Å². The number of unbranched alkanes of at least 4 members (excludes halogenated alkanes) is 5. The van der Waals surface area contributed by atoms with Gasteiger partial charge in [0.15, 0.2) is 0 Å². The Bertz CT molecular complexity index is 856. The fourth-order valence-electron chi connectivity index (χ4n) is 2.92. The first-order valence-corrected chi connectivity index (χ1v) is 11.4. The second-order valence-corrected chi connectivity index (χ2v) is 8.19. The molecule has 0 radical (unpaired) electrons. The van der Waals surface area contributed by atoms with E-state index in [-0.39, 0.29) is 11.8 Å². The lowest BCUT2D eigenvalue weighted by atomic mass is 10.1. The van der Waals surface area contributed by atoms with Gasteiger partial charge >= 0.3 is 0 Å². The number of hydrogen-bond acceptors (Lipinski definition) is 4. The van der Waals surface area contributed by atoms with Crippen LogP contribution in [0.2, 0.25) is 10.0 Å². The van der Waals surface area contributed by atoms with Gasteiger partial charge in [-0.05, 0) is 48.2 Å². The van der Waals surface area contributed by atoms with Crippen LogP contribution in [0.1, 0.15) is 62.5 Å². The highest BCUT2D eigenvalue weighted by atomic mass is 35.5. The summed E-state index contributed by atoms with van der Waals surface area (Å²) in [5.41, 5.74) is 6.72. The van der Waals surface area contributed by atoms with Crippen LogP contribution in [0.15, 0.2) is 58.7 Å². The Kier molecular flexibility index (Phi) is 12.1. The van der Waals surface area contributed by atoms with Gasteiger partial charge in [0.05, 0.1) is 12.4 Å². The van der Waals surface area contributed by atoms with Crippen LogP contribution in [0.25, 0.3) is 0 Å². The van der Waals surface area contributed by atoms with Crippen LogP contribution in [-0.4, -0.2) is 24.2 Å². The zero-order chi connectivity index (χ0) is 23.0. The minimum atomic E-state index is -0.0988. The predicted octanol–water partition coefficient (Wildman–Crippen LogP) is 5.71. The predicted molar refractivity (Wildman–Crippen MR) is 131 cm³/mol. The summed E-state index contributed by atoms with van der Waals surface area (Å²) in [5.74, 6) is -0.198. The van der Waals surface area contributed by atoms with Gasteiger partial charge in [0.1, 0.15) is 0 Å². The third-order valence-electron chi connectivity index (χ3n) is 4.56. The maximum atomic E-state index is 11.8. The topological polar surface area (TPSA) is 82.9 Å². The summed E-state index contributed by atoms with van der Waals surface area (Å²) in [6.45, 7) is 0. The largest absolute Gasteiger partial charge is 0.273 e. The molecular weight excluding hydrogens is 447 g/mol. The van der Waals surface area contributed by atoms with E-state index < -0.39 is 0 Å². The van der Waals surface area contributed by atoms with Crippen molar-refractivity contribution in [3.8, 4) is 0 Å². The van der Waals surface area contributed by atoms with Gasteiger partial charge in [-0.25, -0.2) is 10.9 Å². The molecule has 0 saturated heterocycles. The van der Waals surface area contributed by atoms with Gasteiger partial charge in [0.25, 0.3) is 0 Å². The molecule has 2 aromatic rings. The van der Waals surface area contributed by atoms with Crippen molar-refractivity contribution in [2.24, 2.45) is 10.2 Å². The second-order valence-electron chi connectivity index (χ2n) is 7.32. The first-order valence-electron chi connectivity index (χ1n) is 10.7. The Labute approximate surface area is 199 Å². The molecule has 8 heteroatoms. The molecule has 0 aliphatic carbocycles. The molecule has 0 aliphatic rings. The van der Waals surface area contributed by atoms with Crippen LogP contribution in [0.3, 0.4) is 0 Å². The quantitative estimate of drug-likeness (QED) is 0.221. The van der Waals surface area contributed by atoms with E-state index in [0.29, 0.717) is 22.9 Å². The van der Waals surface area contributed by atoms with Crippen molar-refractivity contribution in [2.45, 2.75) is 51.4 Å². The minimum absolute atomic E-state index is 0.0988. The van der Waals surface area contributed by atoms with Crippen LogP contribution in [0.5, 0.6) is 0 Å². The van der Waals surface area contributed by atoms with Gasteiger partial charge < -0.3 is 0 Å². The number of carbonyl (C=O) groups excluding carboxylic acids is 2. The molecule has 2 aromatic carbocycles. The Hall–Kier alpha value is -2.70. The number of rotatable bonds is 13. The number of nitrogens with one attached hydrogen (secondary N) is 2. The average Bonchev–Trinajstić information content (AvgIpc) is 2.76. The van der Waals surface area contributed by atoms with Crippen molar-refractivity contribution in [1.29, 1.82) is 0 Å². The van der Waals surface area contributed by atoms with Crippen LogP contribution < -0.4 is 10.9 Å². The summed E-state index contributed by atoms with van der Waals surface area (Å²) in [7, 11) is 0. The van der Waals surface area contributed by atoms with E-state index in [9.17, 15) is 9.59 Å². The lowest BCUT2D eigenvalue weighted by molar-refractivity contribution is -0.122. The molecule has 2 rings (SSSR count). The number of nitrogens with zero attached hydrogens (tertiary/aromatic N) is 2. The maximum Gasteiger partial charge on any atom is 0.240 e. The SMILES string of the molecule is O=C(CCCCCCCCC(=O)N/N=C/c1cccc(Cl)c1)N/N=C/c1cccc(Cl)c1. The first kappa shape index (κ1) is 25.6. The van der Waals surface area contributed by atoms with Gasteiger partial charge in [-0.15, -0.1) is 0 Å². The summed E-state index contributed by atoms with van der Waals surface area (Å²) in [5, 5.41) is 9.14. The summed E-state index contributed by atoms with van der Waals surface area (Å²) >= 11 is 11.8. The maximum absolute atomic E-state index is 11.8. The summed E-state index contributed by atoms with van der Waals surface area (Å²) in [4.78, 5) is 23.6. The van der Waals surface area contributed by atoms with Crippen molar-refractivity contribution >= 4 is 47.4 Å². The monoisotopic (exact) mass is 474 g/mol. The molecule has 0 aliphatic heterocycles. The smallest absolute Gasteiger partial charge is 0.240 e. The zero-order valence-electron chi connectivity index (χ0n) is 17.9. The number of benzene rings is 2. The van der Waals surface area contributed by atoms with E-state index in [4.69, 9.17) is 23.2 Å². The van der Waals surface area contributed by atoms with Crippen molar-refractivity contribution < 1.29 is 9.59 Å². The molecule has 0 atom stereocenters. The molecule has 2 amide bonds. The molecule has 0 bridgehead atoms. The highest BCUT2D eigenvalue weighted by Crippen LogP contribution is 2.10. The Balaban J connectivity index is 1.44. The molecule has 0 unspecified atom stereocenters. The van der Waals surface area contributed by atoms with Crippen LogP contribution in [-0.2, 0) is 9.59 Å². The van der Waals surface area contributed by atoms with E-state index in [0.717, 1.165) is 49.7 Å². The molecule has 170 valence electrons. The van der Waals surface area contributed by atoms with Gasteiger partial charge in [-0.2, -0.15) is 10.2 Å². The van der Waals surface area contributed by atoms with E-state index >= 15 is 0 Å². The van der Waals surface area contributed by atoms with Crippen molar-refractivity contribution in [3.05, 3.63) is 69.7 Å². The fraction of sp³-hybridized carbons (Fsp3) is 0.333. The second kappa shape index (κ2) is 15.2. The van der Waals surface area contributed by atoms with Crippen molar-refractivity contribution in [2.75, 3.05) is 0 Å². The summed E-state index contributed by atoms with van der Waals surface area (Å²) in [6, 6.07) is 14.5. The molecular formula is C24H28Cl2N4O2.